The van der Waals surface area contributed by atoms with E-state index in [1.54, 1.807) is 18.2 Å². The Balaban J connectivity index is 1.80. The molecule has 2 aliphatic heterocycles. The number of aryl methyl sites for hydroxylation is 1. The molecule has 2 aliphatic rings. The molecular formula is C23H23Cl2N3O2. The van der Waals surface area contributed by atoms with E-state index in [9.17, 15) is 9.59 Å². The normalized spacial score (nSPS) is 18.0. The van der Waals surface area contributed by atoms with Gasteiger partial charge in [0.15, 0.2) is 0 Å². The van der Waals surface area contributed by atoms with E-state index in [1.807, 2.05) is 36.1 Å². The van der Waals surface area contributed by atoms with Crippen LogP contribution in [-0.4, -0.2) is 54.3 Å². The van der Waals surface area contributed by atoms with Gasteiger partial charge in [0, 0.05) is 31.2 Å². The second kappa shape index (κ2) is 8.42. The molecule has 5 nitrogen and oxygen atoms in total. The molecule has 0 bridgehead atoms. The van der Waals surface area contributed by atoms with E-state index in [2.05, 4.69) is 11.8 Å². The van der Waals surface area contributed by atoms with Gasteiger partial charge in [-0.25, -0.2) is 4.90 Å². The maximum Gasteiger partial charge on any atom is 0.282 e. The molecule has 4 rings (SSSR count). The fourth-order valence-electron chi connectivity index (χ4n) is 3.96. The lowest BCUT2D eigenvalue weighted by molar-refractivity contribution is -0.120. The van der Waals surface area contributed by atoms with Crippen LogP contribution in [0.1, 0.15) is 18.1 Å². The van der Waals surface area contributed by atoms with Crippen molar-refractivity contribution in [3.8, 4) is 0 Å². The molecule has 2 aromatic carbocycles. The quantitative estimate of drug-likeness (QED) is 0.663. The maximum absolute atomic E-state index is 13.6. The summed E-state index contributed by atoms with van der Waals surface area (Å²) in [5.41, 5.74) is 2.99. The van der Waals surface area contributed by atoms with Crippen molar-refractivity contribution in [2.24, 2.45) is 0 Å². The number of hydrogen-bond acceptors (Lipinski definition) is 4. The molecule has 0 unspecified atom stereocenters. The average Bonchev–Trinajstić information content (AvgIpc) is 3.00. The van der Waals surface area contributed by atoms with E-state index in [1.165, 1.54) is 0 Å². The minimum Gasteiger partial charge on any atom is -0.364 e. The standard InChI is InChI=1S/C23H23Cl2N3O2/c1-3-26-10-12-27(13-11-26)21-20(16-6-4-15(2)5-7-16)22(29)28(23(21)30)19-14-17(24)8-9-18(19)25/h4-9,14H,3,10-13H2,1-2H3. The van der Waals surface area contributed by atoms with Gasteiger partial charge in [0.05, 0.1) is 16.3 Å². The summed E-state index contributed by atoms with van der Waals surface area (Å²) in [6.45, 7) is 8.15. The topological polar surface area (TPSA) is 43.9 Å². The fourth-order valence-corrected chi connectivity index (χ4v) is 4.32. The Morgan fingerprint density at radius 1 is 0.900 bits per heavy atom. The highest BCUT2D eigenvalue weighted by atomic mass is 35.5. The number of halogens is 2. The van der Waals surface area contributed by atoms with Gasteiger partial charge in [-0.15, -0.1) is 0 Å². The Kier molecular flexibility index (Phi) is 5.87. The van der Waals surface area contributed by atoms with Crippen LogP contribution in [0.2, 0.25) is 10.0 Å². The van der Waals surface area contributed by atoms with Crippen LogP contribution in [0.5, 0.6) is 0 Å². The summed E-state index contributed by atoms with van der Waals surface area (Å²) in [6, 6.07) is 12.5. The number of carbonyl (C=O) groups excluding carboxylic acids is 2. The van der Waals surface area contributed by atoms with Crippen LogP contribution in [0.3, 0.4) is 0 Å². The van der Waals surface area contributed by atoms with E-state index in [-0.39, 0.29) is 11.8 Å². The summed E-state index contributed by atoms with van der Waals surface area (Å²) in [4.78, 5) is 32.6. The number of hydrogen-bond donors (Lipinski definition) is 0. The van der Waals surface area contributed by atoms with Gasteiger partial charge >= 0.3 is 0 Å². The van der Waals surface area contributed by atoms with Crippen LogP contribution in [0.25, 0.3) is 5.57 Å². The molecule has 7 heteroatoms. The number of nitrogens with zero attached hydrogens (tertiary/aromatic N) is 3. The highest BCUT2D eigenvalue weighted by Gasteiger charge is 2.43. The van der Waals surface area contributed by atoms with Crippen molar-refractivity contribution >= 4 is 46.3 Å². The first-order chi connectivity index (χ1) is 14.4. The Bertz CT molecular complexity index is 1030. The molecule has 2 aromatic rings. The summed E-state index contributed by atoms with van der Waals surface area (Å²) in [5, 5.41) is 0.721. The third kappa shape index (κ3) is 3.73. The zero-order valence-corrected chi connectivity index (χ0v) is 18.5. The number of piperazine rings is 1. The molecule has 0 atom stereocenters. The molecule has 0 radical (unpaired) electrons. The van der Waals surface area contributed by atoms with E-state index < -0.39 is 0 Å². The van der Waals surface area contributed by atoms with Crippen LogP contribution >= 0.6 is 23.2 Å². The molecule has 0 spiro atoms. The van der Waals surface area contributed by atoms with Crippen LogP contribution < -0.4 is 4.90 Å². The average molecular weight is 444 g/mol. The minimum absolute atomic E-state index is 0.307. The summed E-state index contributed by atoms with van der Waals surface area (Å²) < 4.78 is 0. The van der Waals surface area contributed by atoms with Crippen molar-refractivity contribution in [3.63, 3.8) is 0 Å². The minimum atomic E-state index is -0.374. The highest BCUT2D eigenvalue weighted by Crippen LogP contribution is 2.38. The summed E-state index contributed by atoms with van der Waals surface area (Å²) in [5.74, 6) is -0.731. The van der Waals surface area contributed by atoms with Gasteiger partial charge in [0.2, 0.25) is 0 Å². The number of benzene rings is 2. The van der Waals surface area contributed by atoms with Gasteiger partial charge < -0.3 is 9.80 Å². The van der Waals surface area contributed by atoms with Gasteiger partial charge in [-0.3, -0.25) is 9.59 Å². The fraction of sp³-hybridized carbons (Fsp3) is 0.304. The Labute approximate surface area is 186 Å². The molecular weight excluding hydrogens is 421 g/mol. The molecule has 2 amide bonds. The molecule has 0 aromatic heterocycles. The molecule has 2 heterocycles. The summed E-state index contributed by atoms with van der Waals surface area (Å²) in [6.07, 6.45) is 0. The van der Waals surface area contributed by atoms with Gasteiger partial charge in [0.25, 0.3) is 11.8 Å². The Morgan fingerprint density at radius 2 is 1.57 bits per heavy atom. The number of anilines is 1. The number of carbonyl (C=O) groups is 2. The first kappa shape index (κ1) is 20.9. The SMILES string of the molecule is CCN1CCN(C2=C(c3ccc(C)cc3)C(=O)N(c3cc(Cl)ccc3Cl)C2=O)CC1. The van der Waals surface area contributed by atoms with Crippen molar-refractivity contribution in [2.45, 2.75) is 13.8 Å². The zero-order chi connectivity index (χ0) is 21.4. The number of imide groups is 1. The second-order valence-corrected chi connectivity index (χ2v) is 8.40. The molecule has 0 N–H and O–H groups in total. The van der Waals surface area contributed by atoms with Gasteiger partial charge in [-0.05, 0) is 37.2 Å². The zero-order valence-electron chi connectivity index (χ0n) is 17.0. The maximum atomic E-state index is 13.6. The first-order valence-corrected chi connectivity index (χ1v) is 10.8. The van der Waals surface area contributed by atoms with Crippen molar-refractivity contribution in [1.82, 2.24) is 9.80 Å². The first-order valence-electron chi connectivity index (χ1n) is 10.0. The smallest absolute Gasteiger partial charge is 0.282 e. The predicted molar refractivity (Wildman–Crippen MR) is 121 cm³/mol. The predicted octanol–water partition coefficient (Wildman–Crippen LogP) is 4.22. The van der Waals surface area contributed by atoms with Gasteiger partial charge in [-0.2, -0.15) is 0 Å². The lowest BCUT2D eigenvalue weighted by Crippen LogP contribution is -2.47. The third-order valence-electron chi connectivity index (χ3n) is 5.68. The highest BCUT2D eigenvalue weighted by molar-refractivity contribution is 6.47. The van der Waals surface area contributed by atoms with E-state index in [0.717, 1.165) is 35.7 Å². The largest absolute Gasteiger partial charge is 0.364 e. The Hall–Kier alpha value is -2.34. The monoisotopic (exact) mass is 443 g/mol. The Morgan fingerprint density at radius 3 is 2.20 bits per heavy atom. The van der Waals surface area contributed by atoms with E-state index >= 15 is 0 Å². The molecule has 0 saturated carbocycles. The molecule has 156 valence electrons. The van der Waals surface area contributed by atoms with E-state index in [4.69, 9.17) is 23.2 Å². The lowest BCUT2D eigenvalue weighted by Gasteiger charge is -2.36. The number of likely N-dealkylation sites (N-methyl/N-ethyl adjacent to an activating group) is 1. The molecule has 30 heavy (non-hydrogen) atoms. The van der Waals surface area contributed by atoms with Crippen LogP contribution in [-0.2, 0) is 9.59 Å². The molecule has 1 fully saturated rings. The lowest BCUT2D eigenvalue weighted by atomic mass is 10.0. The van der Waals surface area contributed by atoms with Crippen molar-refractivity contribution in [1.29, 1.82) is 0 Å². The molecule has 0 aliphatic carbocycles. The second-order valence-electron chi connectivity index (χ2n) is 7.55. The molecule has 1 saturated heterocycles. The summed E-state index contributed by atoms with van der Waals surface area (Å²) >= 11 is 12.5. The third-order valence-corrected chi connectivity index (χ3v) is 6.24. The number of rotatable bonds is 4. The van der Waals surface area contributed by atoms with Gasteiger partial charge in [0.1, 0.15) is 5.70 Å². The van der Waals surface area contributed by atoms with Crippen molar-refractivity contribution in [2.75, 3.05) is 37.6 Å². The van der Waals surface area contributed by atoms with Gasteiger partial charge in [-0.1, -0.05) is 60.0 Å². The van der Waals surface area contributed by atoms with Crippen LogP contribution in [0, 0.1) is 6.92 Å². The number of amides is 2. The summed E-state index contributed by atoms with van der Waals surface area (Å²) in [7, 11) is 0. The van der Waals surface area contributed by atoms with E-state index in [0.29, 0.717) is 40.1 Å². The van der Waals surface area contributed by atoms with Crippen molar-refractivity contribution in [3.05, 3.63) is 69.3 Å². The van der Waals surface area contributed by atoms with Crippen LogP contribution in [0.15, 0.2) is 48.2 Å². The van der Waals surface area contributed by atoms with Crippen LogP contribution in [0.4, 0.5) is 5.69 Å². The van der Waals surface area contributed by atoms with Crippen molar-refractivity contribution < 1.29 is 9.59 Å².